The molecule has 3 N–H and O–H groups in total. The van der Waals surface area contributed by atoms with Crippen molar-refractivity contribution in [2.75, 3.05) is 10.6 Å². The standard InChI is InChI=1S/C22H21N3O3S/c1-13-4-5-16(12-14(13)2)19-10-11-20(28-19)21(27)25-22(29)24-18-8-6-17(7-9-18)23-15(3)26/h4-12H,1-3H3,(H,23,26)(H2,24,25,27,29). The maximum Gasteiger partial charge on any atom is 0.293 e. The number of benzene rings is 2. The van der Waals surface area contributed by atoms with Crippen LogP contribution in [0.25, 0.3) is 11.3 Å². The molecule has 0 atom stereocenters. The van der Waals surface area contributed by atoms with Crippen LogP contribution in [-0.2, 0) is 4.79 Å². The minimum absolute atomic E-state index is 0.145. The third-order valence-electron chi connectivity index (χ3n) is 4.31. The van der Waals surface area contributed by atoms with E-state index in [9.17, 15) is 9.59 Å². The number of carbonyl (C=O) groups is 2. The first-order valence-corrected chi connectivity index (χ1v) is 9.40. The lowest BCUT2D eigenvalue weighted by molar-refractivity contribution is -0.114. The second-order valence-corrected chi connectivity index (χ2v) is 7.04. The minimum atomic E-state index is -0.438. The number of anilines is 2. The molecule has 0 radical (unpaired) electrons. The third-order valence-corrected chi connectivity index (χ3v) is 4.52. The number of nitrogens with one attached hydrogen (secondary N) is 3. The molecule has 0 bridgehead atoms. The number of carbonyl (C=O) groups excluding carboxylic acids is 2. The van der Waals surface area contributed by atoms with Gasteiger partial charge in [-0.1, -0.05) is 12.1 Å². The lowest BCUT2D eigenvalue weighted by atomic mass is 10.1. The number of aryl methyl sites for hydroxylation is 2. The van der Waals surface area contributed by atoms with Crippen LogP contribution in [0.3, 0.4) is 0 Å². The number of amides is 2. The molecule has 148 valence electrons. The van der Waals surface area contributed by atoms with E-state index in [4.69, 9.17) is 16.6 Å². The summed E-state index contributed by atoms with van der Waals surface area (Å²) in [7, 11) is 0. The maximum absolute atomic E-state index is 12.4. The second kappa shape index (κ2) is 8.70. The highest BCUT2D eigenvalue weighted by Crippen LogP contribution is 2.24. The van der Waals surface area contributed by atoms with E-state index in [0.717, 1.165) is 11.1 Å². The van der Waals surface area contributed by atoms with Gasteiger partial charge >= 0.3 is 0 Å². The Morgan fingerprint density at radius 2 is 1.52 bits per heavy atom. The first-order chi connectivity index (χ1) is 13.8. The molecule has 0 spiro atoms. The van der Waals surface area contributed by atoms with Gasteiger partial charge in [-0.05, 0) is 79.7 Å². The van der Waals surface area contributed by atoms with Crippen LogP contribution >= 0.6 is 12.2 Å². The number of rotatable bonds is 4. The summed E-state index contributed by atoms with van der Waals surface area (Å²) >= 11 is 5.19. The molecule has 2 amide bonds. The van der Waals surface area contributed by atoms with Crippen molar-refractivity contribution in [2.45, 2.75) is 20.8 Å². The molecule has 0 aliphatic heterocycles. The topological polar surface area (TPSA) is 83.4 Å². The Bertz CT molecular complexity index is 1070. The van der Waals surface area contributed by atoms with E-state index in [1.807, 2.05) is 32.0 Å². The van der Waals surface area contributed by atoms with Crippen LogP contribution in [0.5, 0.6) is 0 Å². The molecule has 0 fully saturated rings. The predicted molar refractivity (Wildman–Crippen MR) is 118 cm³/mol. The molecule has 0 saturated carbocycles. The van der Waals surface area contributed by atoms with Crippen LogP contribution in [0.4, 0.5) is 11.4 Å². The normalized spacial score (nSPS) is 10.3. The second-order valence-electron chi connectivity index (χ2n) is 6.63. The number of furan rings is 1. The van der Waals surface area contributed by atoms with Crippen molar-refractivity contribution in [3.05, 3.63) is 71.5 Å². The predicted octanol–water partition coefficient (Wildman–Crippen LogP) is 4.65. The van der Waals surface area contributed by atoms with Crippen molar-refractivity contribution in [1.82, 2.24) is 5.32 Å². The molecule has 3 aromatic rings. The molecule has 29 heavy (non-hydrogen) atoms. The van der Waals surface area contributed by atoms with E-state index in [-0.39, 0.29) is 16.8 Å². The molecule has 0 aliphatic carbocycles. The number of hydrogen-bond acceptors (Lipinski definition) is 4. The average Bonchev–Trinajstić information content (AvgIpc) is 3.15. The van der Waals surface area contributed by atoms with Gasteiger partial charge in [-0.15, -0.1) is 0 Å². The molecule has 1 aromatic heterocycles. The third kappa shape index (κ3) is 5.30. The van der Waals surface area contributed by atoms with Crippen molar-refractivity contribution in [3.8, 4) is 11.3 Å². The van der Waals surface area contributed by atoms with Gasteiger partial charge in [-0.25, -0.2) is 0 Å². The van der Waals surface area contributed by atoms with E-state index < -0.39 is 5.91 Å². The largest absolute Gasteiger partial charge is 0.451 e. The Labute approximate surface area is 174 Å². The summed E-state index contributed by atoms with van der Waals surface area (Å²) in [5.74, 6) is 0.202. The molecule has 0 unspecified atom stereocenters. The van der Waals surface area contributed by atoms with E-state index in [0.29, 0.717) is 17.1 Å². The summed E-state index contributed by atoms with van der Waals surface area (Å²) in [4.78, 5) is 23.5. The fourth-order valence-corrected chi connectivity index (χ4v) is 2.89. The molecule has 2 aromatic carbocycles. The van der Waals surface area contributed by atoms with Crippen LogP contribution in [0.2, 0.25) is 0 Å². The molecular formula is C22H21N3O3S. The first-order valence-electron chi connectivity index (χ1n) is 8.99. The van der Waals surface area contributed by atoms with Gasteiger partial charge in [0, 0.05) is 23.9 Å². The highest BCUT2D eigenvalue weighted by Gasteiger charge is 2.14. The van der Waals surface area contributed by atoms with E-state index >= 15 is 0 Å². The lowest BCUT2D eigenvalue weighted by Crippen LogP contribution is -2.33. The van der Waals surface area contributed by atoms with Gasteiger partial charge in [0.25, 0.3) is 5.91 Å². The van der Waals surface area contributed by atoms with Gasteiger partial charge in [-0.2, -0.15) is 0 Å². The fourth-order valence-electron chi connectivity index (χ4n) is 2.68. The van der Waals surface area contributed by atoms with Gasteiger partial charge in [0.15, 0.2) is 10.9 Å². The SMILES string of the molecule is CC(=O)Nc1ccc(NC(=S)NC(=O)c2ccc(-c3ccc(C)c(C)c3)o2)cc1. The zero-order valence-electron chi connectivity index (χ0n) is 16.3. The van der Waals surface area contributed by atoms with Crippen molar-refractivity contribution in [3.63, 3.8) is 0 Å². The Kier molecular flexibility index (Phi) is 6.09. The van der Waals surface area contributed by atoms with Crippen molar-refractivity contribution in [1.29, 1.82) is 0 Å². The summed E-state index contributed by atoms with van der Waals surface area (Å²) in [6, 6.07) is 16.3. The number of thiocarbonyl (C=S) groups is 1. The average molecular weight is 407 g/mol. The lowest BCUT2D eigenvalue weighted by Gasteiger charge is -2.09. The molecule has 3 rings (SSSR count). The van der Waals surface area contributed by atoms with Gasteiger partial charge in [0.2, 0.25) is 5.91 Å². The molecule has 0 saturated heterocycles. The van der Waals surface area contributed by atoms with Gasteiger partial charge < -0.3 is 15.1 Å². The van der Waals surface area contributed by atoms with Crippen molar-refractivity contribution >= 4 is 40.5 Å². The Morgan fingerprint density at radius 1 is 0.862 bits per heavy atom. The van der Waals surface area contributed by atoms with Crippen LogP contribution in [0.15, 0.2) is 59.0 Å². The molecule has 6 nitrogen and oxygen atoms in total. The first kappa shape index (κ1) is 20.3. The van der Waals surface area contributed by atoms with Crippen LogP contribution < -0.4 is 16.0 Å². The quantitative estimate of drug-likeness (QED) is 0.549. The summed E-state index contributed by atoms with van der Waals surface area (Å²) in [6.07, 6.45) is 0. The van der Waals surface area contributed by atoms with E-state index in [1.165, 1.54) is 12.5 Å². The summed E-state index contributed by atoms with van der Waals surface area (Å²) in [5, 5.41) is 8.34. The van der Waals surface area contributed by atoms with Crippen LogP contribution in [-0.4, -0.2) is 16.9 Å². The Hall–Kier alpha value is -3.45. The van der Waals surface area contributed by atoms with Crippen LogP contribution in [0, 0.1) is 13.8 Å². The molecule has 0 aliphatic rings. The Balaban J connectivity index is 1.61. The molecular weight excluding hydrogens is 386 g/mol. The molecule has 7 heteroatoms. The number of hydrogen-bond donors (Lipinski definition) is 3. The zero-order valence-corrected chi connectivity index (χ0v) is 17.1. The fraction of sp³-hybridized carbons (Fsp3) is 0.136. The zero-order chi connectivity index (χ0) is 21.0. The highest BCUT2D eigenvalue weighted by atomic mass is 32.1. The smallest absolute Gasteiger partial charge is 0.293 e. The minimum Gasteiger partial charge on any atom is -0.451 e. The summed E-state index contributed by atoms with van der Waals surface area (Å²) in [6.45, 7) is 5.51. The van der Waals surface area contributed by atoms with Gasteiger partial charge in [0.1, 0.15) is 5.76 Å². The summed E-state index contributed by atoms with van der Waals surface area (Å²) < 4.78 is 5.69. The van der Waals surface area contributed by atoms with Crippen LogP contribution in [0.1, 0.15) is 28.6 Å². The van der Waals surface area contributed by atoms with E-state index in [2.05, 4.69) is 16.0 Å². The van der Waals surface area contributed by atoms with E-state index in [1.54, 1.807) is 36.4 Å². The monoisotopic (exact) mass is 407 g/mol. The van der Waals surface area contributed by atoms with Crippen molar-refractivity contribution in [2.24, 2.45) is 0 Å². The summed E-state index contributed by atoms with van der Waals surface area (Å²) in [5.41, 5.74) is 4.61. The van der Waals surface area contributed by atoms with Gasteiger partial charge in [-0.3, -0.25) is 14.9 Å². The Morgan fingerprint density at radius 3 is 2.14 bits per heavy atom. The highest BCUT2D eigenvalue weighted by molar-refractivity contribution is 7.80. The molecule has 1 heterocycles. The maximum atomic E-state index is 12.4. The van der Waals surface area contributed by atoms with Gasteiger partial charge in [0.05, 0.1) is 0 Å². The van der Waals surface area contributed by atoms with Crippen molar-refractivity contribution < 1.29 is 14.0 Å².